The molecule has 0 atom stereocenters. The van der Waals surface area contributed by atoms with Gasteiger partial charge in [-0.15, -0.1) is 0 Å². The van der Waals surface area contributed by atoms with E-state index in [4.69, 9.17) is 9.47 Å². The van der Waals surface area contributed by atoms with Crippen LogP contribution in [-0.4, -0.2) is 59.7 Å². The number of aromatic nitrogens is 1. The Morgan fingerprint density at radius 2 is 1.76 bits per heavy atom. The summed E-state index contributed by atoms with van der Waals surface area (Å²) in [7, 11) is 1.54. The van der Waals surface area contributed by atoms with Gasteiger partial charge in [-0.2, -0.15) is 13.2 Å². The number of hydrogen-bond donors (Lipinski definition) is 0. The molecule has 2 aromatic rings. The SMILES string of the molecule is CCN1CCn2c(C(F)(F)F)ccc2C12CCN(C(=O)c1ccc(OC(C)C)c(OC)c1)CC2. The third-order valence-electron chi connectivity index (χ3n) is 6.98. The molecule has 1 spiro atoms. The van der Waals surface area contributed by atoms with Crippen molar-refractivity contribution in [3.05, 3.63) is 47.3 Å². The summed E-state index contributed by atoms with van der Waals surface area (Å²) in [6.07, 6.45) is -3.24. The van der Waals surface area contributed by atoms with E-state index in [0.29, 0.717) is 61.8 Å². The number of alkyl halides is 3. The summed E-state index contributed by atoms with van der Waals surface area (Å²) in [5.74, 6) is 0.957. The zero-order valence-corrected chi connectivity index (χ0v) is 20.1. The number of halogens is 3. The third kappa shape index (κ3) is 4.26. The second-order valence-corrected chi connectivity index (χ2v) is 9.19. The maximum Gasteiger partial charge on any atom is 0.431 e. The molecule has 6 nitrogen and oxygen atoms in total. The molecular formula is C25H32F3N3O3. The number of ether oxygens (including phenoxy) is 2. The van der Waals surface area contributed by atoms with Crippen molar-refractivity contribution in [2.45, 2.75) is 58.0 Å². The van der Waals surface area contributed by atoms with E-state index in [2.05, 4.69) is 4.90 Å². The molecule has 2 aliphatic rings. The van der Waals surface area contributed by atoms with Crippen molar-refractivity contribution in [2.75, 3.05) is 33.3 Å². The standard InChI is InChI=1S/C25H32F3N3O3/c1-5-30-14-15-31-21(8-9-22(31)25(26,27)28)24(30)10-12-29(13-11-24)23(32)18-6-7-19(34-17(2)3)20(16-18)33-4/h6-9,16-17H,5,10-15H2,1-4H3. The van der Waals surface area contributed by atoms with Crippen LogP contribution in [0.5, 0.6) is 11.5 Å². The van der Waals surface area contributed by atoms with Crippen LogP contribution >= 0.6 is 0 Å². The van der Waals surface area contributed by atoms with Crippen molar-refractivity contribution in [1.82, 2.24) is 14.4 Å². The summed E-state index contributed by atoms with van der Waals surface area (Å²) in [6, 6.07) is 7.97. The van der Waals surface area contributed by atoms with Crippen LogP contribution in [0, 0.1) is 0 Å². The third-order valence-corrected chi connectivity index (χ3v) is 6.98. The Labute approximate surface area is 198 Å². The molecule has 9 heteroatoms. The monoisotopic (exact) mass is 479 g/mol. The van der Waals surface area contributed by atoms with Crippen molar-refractivity contribution in [3.8, 4) is 11.5 Å². The first kappa shape index (κ1) is 24.4. The number of fused-ring (bicyclic) bond motifs is 2. The van der Waals surface area contributed by atoms with Crippen LogP contribution in [0.1, 0.15) is 55.4 Å². The molecule has 186 valence electrons. The van der Waals surface area contributed by atoms with E-state index in [1.54, 1.807) is 29.2 Å². The molecule has 4 rings (SSSR count). The number of methoxy groups -OCH3 is 1. The van der Waals surface area contributed by atoms with Crippen LogP contribution in [0.3, 0.4) is 0 Å². The Hall–Kier alpha value is -2.68. The molecule has 1 aromatic heterocycles. The second-order valence-electron chi connectivity index (χ2n) is 9.19. The van der Waals surface area contributed by atoms with Gasteiger partial charge in [-0.3, -0.25) is 9.69 Å². The van der Waals surface area contributed by atoms with Gasteiger partial charge in [0.15, 0.2) is 11.5 Å². The number of nitrogens with zero attached hydrogens (tertiary/aromatic N) is 3. The van der Waals surface area contributed by atoms with E-state index < -0.39 is 17.4 Å². The zero-order valence-electron chi connectivity index (χ0n) is 20.1. The van der Waals surface area contributed by atoms with Gasteiger partial charge < -0.3 is 18.9 Å². The number of rotatable bonds is 5. The largest absolute Gasteiger partial charge is 0.493 e. The van der Waals surface area contributed by atoms with Gasteiger partial charge >= 0.3 is 6.18 Å². The molecule has 0 bridgehead atoms. The van der Waals surface area contributed by atoms with Crippen LogP contribution in [0.15, 0.2) is 30.3 Å². The van der Waals surface area contributed by atoms with Crippen molar-refractivity contribution in [3.63, 3.8) is 0 Å². The second kappa shape index (κ2) is 9.17. The van der Waals surface area contributed by atoms with Gasteiger partial charge in [0.1, 0.15) is 5.69 Å². The van der Waals surface area contributed by atoms with Crippen molar-refractivity contribution in [1.29, 1.82) is 0 Å². The molecule has 2 aliphatic heterocycles. The van der Waals surface area contributed by atoms with E-state index in [0.717, 1.165) is 6.54 Å². The highest BCUT2D eigenvalue weighted by atomic mass is 19.4. The lowest BCUT2D eigenvalue weighted by atomic mass is 9.81. The smallest absolute Gasteiger partial charge is 0.431 e. The Kier molecular flexibility index (Phi) is 6.59. The van der Waals surface area contributed by atoms with Gasteiger partial charge in [0.05, 0.1) is 18.8 Å². The van der Waals surface area contributed by atoms with Gasteiger partial charge in [-0.25, -0.2) is 0 Å². The molecule has 0 saturated carbocycles. The number of hydrogen-bond acceptors (Lipinski definition) is 4. The van der Waals surface area contributed by atoms with Gasteiger partial charge in [-0.1, -0.05) is 6.92 Å². The Morgan fingerprint density at radius 3 is 2.35 bits per heavy atom. The van der Waals surface area contributed by atoms with E-state index in [9.17, 15) is 18.0 Å². The number of carbonyl (C=O) groups excluding carboxylic acids is 1. The summed E-state index contributed by atoms with van der Waals surface area (Å²) in [6.45, 7) is 8.43. The molecule has 34 heavy (non-hydrogen) atoms. The predicted octanol–water partition coefficient (Wildman–Crippen LogP) is 4.77. The molecule has 0 N–H and O–H groups in total. The molecule has 0 aliphatic carbocycles. The maximum atomic E-state index is 13.6. The van der Waals surface area contributed by atoms with Gasteiger partial charge in [-0.05, 0) is 63.6 Å². The molecular weight excluding hydrogens is 447 g/mol. The molecule has 1 fully saturated rings. The average molecular weight is 480 g/mol. The fourth-order valence-corrected chi connectivity index (χ4v) is 5.41. The van der Waals surface area contributed by atoms with E-state index in [1.165, 1.54) is 17.7 Å². The zero-order chi connectivity index (χ0) is 24.7. The van der Waals surface area contributed by atoms with Gasteiger partial charge in [0, 0.05) is 37.4 Å². The highest BCUT2D eigenvalue weighted by Gasteiger charge is 2.48. The molecule has 0 radical (unpaired) electrons. The van der Waals surface area contributed by atoms with Gasteiger partial charge in [0.2, 0.25) is 0 Å². The summed E-state index contributed by atoms with van der Waals surface area (Å²) >= 11 is 0. The lowest BCUT2D eigenvalue weighted by molar-refractivity contribution is -0.145. The van der Waals surface area contributed by atoms with Crippen LogP contribution in [0.4, 0.5) is 13.2 Å². The van der Waals surface area contributed by atoms with Crippen LogP contribution in [-0.2, 0) is 18.3 Å². The molecule has 0 unspecified atom stereocenters. The minimum Gasteiger partial charge on any atom is -0.493 e. The van der Waals surface area contributed by atoms with Crippen molar-refractivity contribution >= 4 is 5.91 Å². The Balaban J connectivity index is 1.56. The summed E-state index contributed by atoms with van der Waals surface area (Å²) < 4.78 is 53.2. The minimum atomic E-state index is -4.38. The normalized spacial score (nSPS) is 18.3. The van der Waals surface area contributed by atoms with Gasteiger partial charge in [0.25, 0.3) is 5.91 Å². The Bertz CT molecular complexity index is 1040. The first-order valence-electron chi connectivity index (χ1n) is 11.8. The maximum absolute atomic E-state index is 13.6. The van der Waals surface area contributed by atoms with Crippen molar-refractivity contribution in [2.24, 2.45) is 0 Å². The van der Waals surface area contributed by atoms with E-state index in [1.807, 2.05) is 20.8 Å². The number of likely N-dealkylation sites (tertiary alicyclic amines) is 1. The average Bonchev–Trinajstić information content (AvgIpc) is 3.25. The first-order chi connectivity index (χ1) is 16.1. The summed E-state index contributed by atoms with van der Waals surface area (Å²) in [5, 5.41) is 0. The van der Waals surface area contributed by atoms with E-state index in [-0.39, 0.29) is 12.0 Å². The fraction of sp³-hybridized carbons (Fsp3) is 0.560. The molecule has 3 heterocycles. The lowest BCUT2D eigenvalue weighted by Crippen LogP contribution is -2.58. The number of likely N-dealkylation sites (N-methyl/N-ethyl adjacent to an activating group) is 1. The summed E-state index contributed by atoms with van der Waals surface area (Å²) in [5.41, 5.74) is 0.117. The molecule has 1 amide bonds. The van der Waals surface area contributed by atoms with Crippen molar-refractivity contribution < 1.29 is 27.4 Å². The fourth-order valence-electron chi connectivity index (χ4n) is 5.41. The topological polar surface area (TPSA) is 46.9 Å². The van der Waals surface area contributed by atoms with Crippen LogP contribution in [0.25, 0.3) is 0 Å². The molecule has 1 saturated heterocycles. The highest BCUT2D eigenvalue weighted by molar-refractivity contribution is 5.95. The number of amides is 1. The minimum absolute atomic E-state index is 0.0254. The molecule has 1 aromatic carbocycles. The Morgan fingerprint density at radius 1 is 1.06 bits per heavy atom. The first-order valence-corrected chi connectivity index (χ1v) is 11.8. The van der Waals surface area contributed by atoms with Crippen LogP contribution in [0.2, 0.25) is 0 Å². The highest BCUT2D eigenvalue weighted by Crippen LogP contribution is 2.44. The van der Waals surface area contributed by atoms with E-state index >= 15 is 0 Å². The van der Waals surface area contributed by atoms with Crippen LogP contribution < -0.4 is 9.47 Å². The predicted molar refractivity (Wildman–Crippen MR) is 122 cm³/mol. The summed E-state index contributed by atoms with van der Waals surface area (Å²) in [4.78, 5) is 17.3. The number of benzene rings is 1. The lowest BCUT2D eigenvalue weighted by Gasteiger charge is -2.52. The number of piperidine rings is 1. The number of carbonyl (C=O) groups is 1. The quantitative estimate of drug-likeness (QED) is 0.620.